The van der Waals surface area contributed by atoms with Crippen LogP contribution in [0.4, 0.5) is 0 Å². The number of benzene rings is 2. The molecule has 1 atom stereocenters. The van der Waals surface area contributed by atoms with Crippen LogP contribution < -0.4 is 10.1 Å². The minimum absolute atomic E-state index is 0.0668. The number of nitrogens with zero attached hydrogens (tertiary/aromatic N) is 1. The van der Waals surface area contributed by atoms with Crippen molar-refractivity contribution in [1.82, 2.24) is 10.2 Å². The monoisotopic (exact) mass is 340 g/mol. The van der Waals surface area contributed by atoms with E-state index >= 15 is 0 Å². The second-order valence-electron chi connectivity index (χ2n) is 6.33. The van der Waals surface area contributed by atoms with Crippen molar-refractivity contribution >= 4 is 5.91 Å². The second kappa shape index (κ2) is 9.84. The summed E-state index contributed by atoms with van der Waals surface area (Å²) in [5.74, 6) is 0.739. The van der Waals surface area contributed by atoms with Crippen molar-refractivity contribution in [2.75, 3.05) is 27.2 Å². The van der Waals surface area contributed by atoms with Gasteiger partial charge in [-0.1, -0.05) is 43.7 Å². The number of ether oxygens (including phenoxy) is 1. The zero-order chi connectivity index (χ0) is 18.1. The van der Waals surface area contributed by atoms with Gasteiger partial charge in [0, 0.05) is 12.1 Å². The van der Waals surface area contributed by atoms with Crippen LogP contribution in [0.25, 0.3) is 0 Å². The van der Waals surface area contributed by atoms with Gasteiger partial charge in [0.25, 0.3) is 5.91 Å². The Kier molecular flexibility index (Phi) is 7.48. The predicted octanol–water partition coefficient (Wildman–Crippen LogP) is 3.90. The Morgan fingerprint density at radius 1 is 1.08 bits per heavy atom. The number of unbranched alkanes of at least 4 members (excludes halogenated alkanes) is 1. The maximum Gasteiger partial charge on any atom is 0.251 e. The molecule has 0 heterocycles. The van der Waals surface area contributed by atoms with Gasteiger partial charge in [0.1, 0.15) is 5.75 Å². The Labute approximate surface area is 150 Å². The van der Waals surface area contributed by atoms with Crippen LogP contribution in [0.2, 0.25) is 0 Å². The molecule has 0 aliphatic carbocycles. The van der Waals surface area contributed by atoms with Gasteiger partial charge in [0.05, 0.1) is 12.6 Å². The molecule has 0 aromatic heterocycles. The first-order valence-electron chi connectivity index (χ1n) is 8.84. The number of hydrogen-bond acceptors (Lipinski definition) is 3. The van der Waals surface area contributed by atoms with Crippen LogP contribution in [0.5, 0.6) is 5.75 Å². The van der Waals surface area contributed by atoms with Crippen molar-refractivity contribution in [2.45, 2.75) is 25.8 Å². The van der Waals surface area contributed by atoms with Crippen molar-refractivity contribution in [3.8, 4) is 5.75 Å². The summed E-state index contributed by atoms with van der Waals surface area (Å²) in [6.45, 7) is 3.40. The molecule has 0 saturated carbocycles. The Hall–Kier alpha value is -2.33. The van der Waals surface area contributed by atoms with E-state index in [1.807, 2.05) is 56.6 Å². The molecule has 1 N–H and O–H groups in total. The number of nitrogens with one attached hydrogen (secondary N) is 1. The van der Waals surface area contributed by atoms with Gasteiger partial charge in [-0.3, -0.25) is 4.79 Å². The molecule has 0 radical (unpaired) electrons. The van der Waals surface area contributed by atoms with Gasteiger partial charge in [-0.15, -0.1) is 0 Å². The summed E-state index contributed by atoms with van der Waals surface area (Å²) in [6, 6.07) is 17.7. The average molecular weight is 340 g/mol. The van der Waals surface area contributed by atoms with Crippen LogP contribution in [-0.4, -0.2) is 38.1 Å². The first-order valence-corrected chi connectivity index (χ1v) is 8.84. The van der Waals surface area contributed by atoms with Gasteiger partial charge in [-0.2, -0.15) is 0 Å². The van der Waals surface area contributed by atoms with Gasteiger partial charge in [-0.05, 0) is 50.3 Å². The summed E-state index contributed by atoms with van der Waals surface area (Å²) >= 11 is 0. The van der Waals surface area contributed by atoms with E-state index in [0.29, 0.717) is 18.7 Å². The maximum absolute atomic E-state index is 12.4. The summed E-state index contributed by atoms with van der Waals surface area (Å²) in [6.07, 6.45) is 2.14. The normalized spacial score (nSPS) is 12.0. The van der Waals surface area contributed by atoms with E-state index in [1.54, 1.807) is 0 Å². The fraction of sp³-hybridized carbons (Fsp3) is 0.381. The molecule has 0 saturated heterocycles. The zero-order valence-electron chi connectivity index (χ0n) is 15.4. The molecule has 1 amide bonds. The molecule has 25 heavy (non-hydrogen) atoms. The van der Waals surface area contributed by atoms with Crippen molar-refractivity contribution in [3.63, 3.8) is 0 Å². The molecule has 2 aromatic carbocycles. The molecule has 0 spiro atoms. The van der Waals surface area contributed by atoms with Gasteiger partial charge in [0.15, 0.2) is 0 Å². The van der Waals surface area contributed by atoms with E-state index in [2.05, 4.69) is 29.3 Å². The van der Waals surface area contributed by atoms with Crippen LogP contribution >= 0.6 is 0 Å². The summed E-state index contributed by atoms with van der Waals surface area (Å²) < 4.78 is 5.63. The summed E-state index contributed by atoms with van der Waals surface area (Å²) in [7, 11) is 4.04. The lowest BCUT2D eigenvalue weighted by Crippen LogP contribution is -2.34. The lowest BCUT2D eigenvalue weighted by molar-refractivity contribution is 0.0942. The van der Waals surface area contributed by atoms with E-state index in [0.717, 1.165) is 18.6 Å². The Bertz CT molecular complexity index is 639. The molecule has 0 fully saturated rings. The van der Waals surface area contributed by atoms with Crippen LogP contribution in [0.1, 0.15) is 41.7 Å². The molecule has 2 aromatic rings. The van der Waals surface area contributed by atoms with Crippen LogP contribution in [0.15, 0.2) is 54.6 Å². The predicted molar refractivity (Wildman–Crippen MR) is 102 cm³/mol. The number of rotatable bonds is 9. The summed E-state index contributed by atoms with van der Waals surface area (Å²) in [5, 5.41) is 3.03. The number of likely N-dealkylation sites (N-methyl/N-ethyl adjacent to an activating group) is 1. The van der Waals surface area contributed by atoms with E-state index in [1.165, 1.54) is 5.56 Å². The Morgan fingerprint density at radius 2 is 1.76 bits per heavy atom. The topological polar surface area (TPSA) is 41.6 Å². The number of carbonyl (C=O) groups excluding carboxylic acids is 1. The Balaban J connectivity index is 1.92. The molecule has 4 heteroatoms. The molecule has 0 aliphatic rings. The minimum Gasteiger partial charge on any atom is -0.494 e. The number of carbonyl (C=O) groups is 1. The molecular formula is C21H28N2O2. The highest BCUT2D eigenvalue weighted by Gasteiger charge is 2.15. The largest absolute Gasteiger partial charge is 0.494 e. The van der Waals surface area contributed by atoms with Gasteiger partial charge in [0.2, 0.25) is 0 Å². The zero-order valence-corrected chi connectivity index (χ0v) is 15.4. The van der Waals surface area contributed by atoms with Gasteiger partial charge < -0.3 is 15.0 Å². The Morgan fingerprint density at radius 3 is 2.36 bits per heavy atom. The maximum atomic E-state index is 12.4. The van der Waals surface area contributed by atoms with Crippen LogP contribution in [0.3, 0.4) is 0 Å². The molecule has 4 nitrogen and oxygen atoms in total. The van der Waals surface area contributed by atoms with E-state index < -0.39 is 0 Å². The van der Waals surface area contributed by atoms with Crippen molar-refractivity contribution in [2.24, 2.45) is 0 Å². The highest BCUT2D eigenvalue weighted by molar-refractivity contribution is 5.94. The quantitative estimate of drug-likeness (QED) is 0.704. The lowest BCUT2D eigenvalue weighted by atomic mass is 10.1. The fourth-order valence-electron chi connectivity index (χ4n) is 2.60. The molecule has 0 aliphatic heterocycles. The first-order chi connectivity index (χ1) is 12.1. The third-order valence-electron chi connectivity index (χ3n) is 4.15. The van der Waals surface area contributed by atoms with E-state index in [9.17, 15) is 4.79 Å². The van der Waals surface area contributed by atoms with Gasteiger partial charge in [-0.25, -0.2) is 0 Å². The lowest BCUT2D eigenvalue weighted by Gasteiger charge is -2.25. The van der Waals surface area contributed by atoms with Gasteiger partial charge >= 0.3 is 0 Å². The standard InChI is InChI=1S/C21H28N2O2/c1-4-5-15-25-19-13-11-18(12-14-19)21(24)22-16-20(23(2)3)17-9-7-6-8-10-17/h6-14,20H,4-5,15-16H2,1-3H3,(H,22,24). The highest BCUT2D eigenvalue weighted by Crippen LogP contribution is 2.17. The second-order valence-corrected chi connectivity index (χ2v) is 6.33. The number of amides is 1. The van der Waals surface area contributed by atoms with Crippen molar-refractivity contribution in [1.29, 1.82) is 0 Å². The molecular weight excluding hydrogens is 312 g/mol. The number of hydrogen-bond donors (Lipinski definition) is 1. The minimum atomic E-state index is -0.0668. The highest BCUT2D eigenvalue weighted by atomic mass is 16.5. The fourth-order valence-corrected chi connectivity index (χ4v) is 2.60. The molecule has 2 rings (SSSR count). The third kappa shape index (κ3) is 5.91. The molecule has 134 valence electrons. The third-order valence-corrected chi connectivity index (χ3v) is 4.15. The van der Waals surface area contributed by atoms with E-state index in [4.69, 9.17) is 4.74 Å². The average Bonchev–Trinajstić information content (AvgIpc) is 2.63. The summed E-state index contributed by atoms with van der Waals surface area (Å²) in [4.78, 5) is 14.5. The van der Waals surface area contributed by atoms with Crippen molar-refractivity contribution in [3.05, 3.63) is 65.7 Å². The molecule has 0 bridgehead atoms. The SMILES string of the molecule is CCCCOc1ccc(C(=O)NCC(c2ccccc2)N(C)C)cc1. The molecule has 1 unspecified atom stereocenters. The van der Waals surface area contributed by atoms with E-state index in [-0.39, 0.29) is 11.9 Å². The smallest absolute Gasteiger partial charge is 0.251 e. The van der Waals surface area contributed by atoms with Crippen LogP contribution in [-0.2, 0) is 0 Å². The first kappa shape index (κ1) is 19.0. The van der Waals surface area contributed by atoms with Crippen molar-refractivity contribution < 1.29 is 9.53 Å². The van der Waals surface area contributed by atoms with Crippen LogP contribution in [0, 0.1) is 0 Å². The summed E-state index contributed by atoms with van der Waals surface area (Å²) in [5.41, 5.74) is 1.83.